The zero-order chi connectivity index (χ0) is 11.4. The van der Waals surface area contributed by atoms with Gasteiger partial charge in [0.05, 0.1) is 17.6 Å². The molecule has 1 aromatic carbocycles. The molecule has 0 aromatic heterocycles. The molecule has 0 fully saturated rings. The summed E-state index contributed by atoms with van der Waals surface area (Å²) in [5.74, 6) is -0.895. The Hall–Kier alpha value is -1.69. The predicted molar refractivity (Wildman–Crippen MR) is 50.4 cm³/mol. The van der Waals surface area contributed by atoms with Crippen molar-refractivity contribution in [3.8, 4) is 5.75 Å². The van der Waals surface area contributed by atoms with Gasteiger partial charge in [0.25, 0.3) is 5.69 Å². The van der Waals surface area contributed by atoms with Crippen molar-refractivity contribution in [3.05, 3.63) is 33.6 Å². The molecular weight excluding hydrogens is 205 g/mol. The Bertz CT molecular complexity index is 381. The van der Waals surface area contributed by atoms with E-state index in [2.05, 4.69) is 0 Å². The van der Waals surface area contributed by atoms with Crippen LogP contribution in [0.15, 0.2) is 12.1 Å². The molecule has 0 heterocycles. The van der Waals surface area contributed by atoms with Crippen molar-refractivity contribution < 1.29 is 19.2 Å². The van der Waals surface area contributed by atoms with Gasteiger partial charge < -0.3 is 9.84 Å². The molecule has 1 aromatic rings. The van der Waals surface area contributed by atoms with E-state index in [9.17, 15) is 14.5 Å². The summed E-state index contributed by atoms with van der Waals surface area (Å²) < 4.78 is 18.1. The molecule has 0 aliphatic carbocycles. The number of aliphatic hydroxyl groups excluding tert-OH is 1. The molecule has 0 amide bonds. The maximum Gasteiger partial charge on any atom is 0.275 e. The van der Waals surface area contributed by atoms with Crippen LogP contribution in [-0.2, 0) is 0 Å². The molecule has 0 aliphatic heterocycles. The second-order valence-corrected chi connectivity index (χ2v) is 2.90. The second-order valence-electron chi connectivity index (χ2n) is 2.90. The molecule has 0 bridgehead atoms. The first-order valence-corrected chi connectivity index (χ1v) is 4.24. The maximum absolute atomic E-state index is 13.2. The van der Waals surface area contributed by atoms with Crippen LogP contribution in [0.4, 0.5) is 10.1 Å². The molecule has 0 saturated heterocycles. The molecule has 0 unspecified atom stereocenters. The highest BCUT2D eigenvalue weighted by atomic mass is 19.1. The first-order valence-electron chi connectivity index (χ1n) is 4.24. The lowest BCUT2D eigenvalue weighted by Crippen LogP contribution is -2.04. The molecule has 5 nitrogen and oxygen atoms in total. The fraction of sp³-hybridized carbons (Fsp3) is 0.333. The molecule has 0 atom stereocenters. The molecular formula is C9H10FNO4. The fourth-order valence-electron chi connectivity index (χ4n) is 1.11. The number of hydrogen-bond acceptors (Lipinski definition) is 4. The summed E-state index contributed by atoms with van der Waals surface area (Å²) in [5, 5.41) is 18.9. The largest absolute Gasteiger partial charge is 0.488 e. The van der Waals surface area contributed by atoms with Gasteiger partial charge in [-0.1, -0.05) is 0 Å². The highest BCUT2D eigenvalue weighted by Crippen LogP contribution is 2.26. The fourth-order valence-corrected chi connectivity index (χ4v) is 1.11. The number of aliphatic hydroxyl groups is 1. The van der Waals surface area contributed by atoms with Gasteiger partial charge in [0.1, 0.15) is 6.61 Å². The summed E-state index contributed by atoms with van der Waals surface area (Å²) in [6.07, 6.45) is 0. The highest BCUT2D eigenvalue weighted by molar-refractivity contribution is 5.45. The predicted octanol–water partition coefficient (Wildman–Crippen LogP) is 1.41. The second kappa shape index (κ2) is 4.70. The van der Waals surface area contributed by atoms with E-state index in [-0.39, 0.29) is 24.7 Å². The average Bonchev–Trinajstić information content (AvgIpc) is 2.18. The molecule has 1 rings (SSSR count). The number of hydrogen-bond donors (Lipinski definition) is 1. The van der Waals surface area contributed by atoms with Crippen molar-refractivity contribution >= 4 is 5.69 Å². The monoisotopic (exact) mass is 215 g/mol. The van der Waals surface area contributed by atoms with Crippen LogP contribution in [0, 0.1) is 22.9 Å². The van der Waals surface area contributed by atoms with Crippen LogP contribution >= 0.6 is 0 Å². The van der Waals surface area contributed by atoms with Gasteiger partial charge in [0.2, 0.25) is 0 Å². The van der Waals surface area contributed by atoms with Crippen LogP contribution < -0.4 is 4.74 Å². The Morgan fingerprint density at radius 1 is 1.60 bits per heavy atom. The number of halogens is 1. The Morgan fingerprint density at radius 3 is 2.80 bits per heavy atom. The van der Waals surface area contributed by atoms with Crippen molar-refractivity contribution in [2.24, 2.45) is 0 Å². The number of nitro groups is 1. The molecule has 0 aliphatic rings. The van der Waals surface area contributed by atoms with Crippen molar-refractivity contribution in [2.75, 3.05) is 13.2 Å². The summed E-state index contributed by atoms with van der Waals surface area (Å²) >= 11 is 0. The minimum absolute atomic E-state index is 0.0474. The molecule has 15 heavy (non-hydrogen) atoms. The Kier molecular flexibility index (Phi) is 3.56. The molecule has 0 spiro atoms. The molecule has 82 valence electrons. The van der Waals surface area contributed by atoms with Gasteiger partial charge in [0, 0.05) is 5.56 Å². The number of rotatable bonds is 4. The lowest BCUT2D eigenvalue weighted by Gasteiger charge is -2.06. The van der Waals surface area contributed by atoms with Gasteiger partial charge in [-0.15, -0.1) is 0 Å². The van der Waals surface area contributed by atoms with Gasteiger partial charge >= 0.3 is 0 Å². The minimum atomic E-state index is -0.805. The molecule has 0 saturated carbocycles. The smallest absolute Gasteiger partial charge is 0.275 e. The molecule has 6 heteroatoms. The van der Waals surface area contributed by atoms with Gasteiger partial charge in [-0.2, -0.15) is 0 Å². The normalized spacial score (nSPS) is 10.1. The Labute approximate surface area is 85.3 Å². The highest BCUT2D eigenvalue weighted by Gasteiger charge is 2.15. The van der Waals surface area contributed by atoms with Gasteiger partial charge in [-0.25, -0.2) is 4.39 Å². The summed E-state index contributed by atoms with van der Waals surface area (Å²) in [6, 6.07) is 2.05. The quantitative estimate of drug-likeness (QED) is 0.608. The summed E-state index contributed by atoms with van der Waals surface area (Å²) in [7, 11) is 0. The van der Waals surface area contributed by atoms with Crippen LogP contribution in [-0.4, -0.2) is 23.2 Å². The lowest BCUT2D eigenvalue weighted by atomic mass is 10.2. The zero-order valence-corrected chi connectivity index (χ0v) is 8.07. The summed E-state index contributed by atoms with van der Waals surface area (Å²) in [6.45, 7) is 1.20. The van der Waals surface area contributed by atoms with Crippen LogP contribution in [0.25, 0.3) is 0 Å². The minimum Gasteiger partial charge on any atom is -0.488 e. The first kappa shape index (κ1) is 11.4. The molecule has 1 N–H and O–H groups in total. The third kappa shape index (κ3) is 2.63. The number of aryl methyl sites for hydroxylation is 1. The van der Waals surface area contributed by atoms with E-state index in [0.29, 0.717) is 5.56 Å². The number of nitro benzene ring substituents is 1. The van der Waals surface area contributed by atoms with Crippen molar-refractivity contribution in [1.82, 2.24) is 0 Å². The van der Waals surface area contributed by atoms with E-state index >= 15 is 0 Å². The van der Waals surface area contributed by atoms with Gasteiger partial charge in [-0.05, 0) is 13.0 Å². The van der Waals surface area contributed by atoms with E-state index in [1.807, 2.05) is 0 Å². The SMILES string of the molecule is Cc1cc(OCCO)c(F)cc1[N+](=O)[O-]. The Balaban J connectivity index is 3.02. The summed E-state index contributed by atoms with van der Waals surface area (Å²) in [4.78, 5) is 9.80. The topological polar surface area (TPSA) is 72.6 Å². The van der Waals surface area contributed by atoms with E-state index in [1.165, 1.54) is 13.0 Å². The van der Waals surface area contributed by atoms with Crippen LogP contribution in [0.1, 0.15) is 5.56 Å². The number of nitrogens with zero attached hydrogens (tertiary/aromatic N) is 1. The Morgan fingerprint density at radius 2 is 2.27 bits per heavy atom. The third-order valence-corrected chi connectivity index (χ3v) is 1.80. The molecule has 0 radical (unpaired) electrons. The first-order chi connectivity index (χ1) is 7.06. The van der Waals surface area contributed by atoms with Crippen molar-refractivity contribution in [3.63, 3.8) is 0 Å². The standard InChI is InChI=1S/C9H10FNO4/c1-6-4-9(15-3-2-12)7(10)5-8(6)11(13)14/h4-5,12H,2-3H2,1H3. The third-order valence-electron chi connectivity index (χ3n) is 1.80. The zero-order valence-electron chi connectivity index (χ0n) is 8.07. The van der Waals surface area contributed by atoms with Gasteiger partial charge in [0.15, 0.2) is 11.6 Å². The van der Waals surface area contributed by atoms with E-state index in [1.54, 1.807) is 0 Å². The average molecular weight is 215 g/mol. The van der Waals surface area contributed by atoms with Crippen LogP contribution in [0.2, 0.25) is 0 Å². The van der Waals surface area contributed by atoms with Crippen molar-refractivity contribution in [1.29, 1.82) is 0 Å². The van der Waals surface area contributed by atoms with E-state index < -0.39 is 10.7 Å². The van der Waals surface area contributed by atoms with Crippen LogP contribution in [0.3, 0.4) is 0 Å². The maximum atomic E-state index is 13.2. The van der Waals surface area contributed by atoms with E-state index in [4.69, 9.17) is 9.84 Å². The van der Waals surface area contributed by atoms with Crippen LogP contribution in [0.5, 0.6) is 5.75 Å². The van der Waals surface area contributed by atoms with E-state index in [0.717, 1.165) is 6.07 Å². The van der Waals surface area contributed by atoms with Crippen molar-refractivity contribution in [2.45, 2.75) is 6.92 Å². The number of benzene rings is 1. The number of ether oxygens (including phenoxy) is 1. The summed E-state index contributed by atoms with van der Waals surface area (Å²) in [5.41, 5.74) is 0.0261. The van der Waals surface area contributed by atoms with Gasteiger partial charge in [-0.3, -0.25) is 10.1 Å². The lowest BCUT2D eigenvalue weighted by molar-refractivity contribution is -0.385.